The van der Waals surface area contributed by atoms with E-state index in [2.05, 4.69) is 34.0 Å². The molecule has 0 spiro atoms. The van der Waals surface area contributed by atoms with Gasteiger partial charge in [-0.15, -0.1) is 22.7 Å². The molecule has 0 aliphatic carbocycles. The lowest BCUT2D eigenvalue weighted by atomic mass is 10.2. The summed E-state index contributed by atoms with van der Waals surface area (Å²) in [7, 11) is 0. The van der Waals surface area contributed by atoms with Gasteiger partial charge < -0.3 is 4.52 Å². The first-order valence-corrected chi connectivity index (χ1v) is 10.0. The molecule has 8 heteroatoms. The van der Waals surface area contributed by atoms with Crippen molar-refractivity contribution in [3.05, 3.63) is 39.7 Å². The Kier molecular flexibility index (Phi) is 4.11. The van der Waals surface area contributed by atoms with E-state index in [1.807, 2.05) is 24.4 Å². The van der Waals surface area contributed by atoms with Crippen LogP contribution in [0.4, 0.5) is 0 Å². The Morgan fingerprint density at radius 3 is 2.83 bits per heavy atom. The third-order valence-electron chi connectivity index (χ3n) is 3.65. The van der Waals surface area contributed by atoms with Crippen LogP contribution in [0.25, 0.3) is 20.9 Å². The Balaban J connectivity index is 1.61. The van der Waals surface area contributed by atoms with E-state index in [0.29, 0.717) is 17.5 Å². The topological polar surface area (TPSA) is 64.7 Å². The Bertz CT molecular complexity index is 1000. The van der Waals surface area contributed by atoms with Crippen molar-refractivity contribution in [3.63, 3.8) is 0 Å². The van der Waals surface area contributed by atoms with Gasteiger partial charge in [-0.05, 0) is 37.8 Å². The molecule has 0 N–H and O–H groups in total. The lowest BCUT2D eigenvalue weighted by molar-refractivity contribution is 0.392. The van der Waals surface area contributed by atoms with Gasteiger partial charge in [-0.1, -0.05) is 23.0 Å². The minimum atomic E-state index is 0.595. The Morgan fingerprint density at radius 1 is 1.17 bits per heavy atom. The second kappa shape index (κ2) is 6.27. The number of hydrogen-bond acceptors (Lipinski definition) is 8. The fraction of sp³-hybridized carbons (Fsp3) is 0.250. The smallest absolute Gasteiger partial charge is 0.237 e. The Morgan fingerprint density at radius 2 is 2.04 bits per heavy atom. The molecule has 5 nitrogen and oxygen atoms in total. The molecular weight excluding hydrogens is 360 g/mol. The lowest BCUT2D eigenvalue weighted by Gasteiger charge is -2.03. The normalized spacial score (nSPS) is 11.5. The Labute approximate surface area is 151 Å². The van der Waals surface area contributed by atoms with Crippen molar-refractivity contribution in [2.45, 2.75) is 31.6 Å². The summed E-state index contributed by atoms with van der Waals surface area (Å²) < 4.78 is 5.37. The van der Waals surface area contributed by atoms with E-state index in [0.717, 1.165) is 25.9 Å². The van der Waals surface area contributed by atoms with E-state index >= 15 is 0 Å². The number of thiophene rings is 2. The van der Waals surface area contributed by atoms with Gasteiger partial charge in [0.2, 0.25) is 11.7 Å². The van der Waals surface area contributed by atoms with Crippen LogP contribution in [0, 0.1) is 20.8 Å². The summed E-state index contributed by atoms with van der Waals surface area (Å²) in [6, 6.07) is 3.97. The predicted octanol–water partition coefficient (Wildman–Crippen LogP) is 5.02. The van der Waals surface area contributed by atoms with Crippen LogP contribution in [0.2, 0.25) is 0 Å². The van der Waals surface area contributed by atoms with Crippen molar-refractivity contribution < 1.29 is 4.52 Å². The average molecular weight is 375 g/mol. The number of aromatic nitrogens is 4. The fourth-order valence-corrected chi connectivity index (χ4v) is 5.13. The molecule has 0 aliphatic rings. The SMILES string of the molecule is Cc1nc(SCc2nc(-c3cccs3)no2)c2c(C)c(C)sc2n1. The van der Waals surface area contributed by atoms with E-state index in [9.17, 15) is 0 Å². The van der Waals surface area contributed by atoms with Crippen LogP contribution < -0.4 is 0 Å². The van der Waals surface area contributed by atoms with Gasteiger partial charge in [0.05, 0.1) is 10.6 Å². The molecule has 0 saturated carbocycles. The first-order chi connectivity index (χ1) is 11.6. The molecule has 122 valence electrons. The predicted molar refractivity (Wildman–Crippen MR) is 98.8 cm³/mol. The van der Waals surface area contributed by atoms with Crippen molar-refractivity contribution in [2.75, 3.05) is 0 Å². The number of aryl methyl sites for hydroxylation is 3. The summed E-state index contributed by atoms with van der Waals surface area (Å²) in [6.07, 6.45) is 0. The van der Waals surface area contributed by atoms with Crippen LogP contribution in [0.3, 0.4) is 0 Å². The minimum Gasteiger partial charge on any atom is -0.338 e. The molecule has 4 heterocycles. The molecule has 4 aromatic rings. The summed E-state index contributed by atoms with van der Waals surface area (Å²) in [6.45, 7) is 6.17. The molecule has 0 bridgehead atoms. The summed E-state index contributed by atoms with van der Waals surface area (Å²) in [5.74, 6) is 2.64. The number of nitrogens with zero attached hydrogens (tertiary/aromatic N) is 4. The van der Waals surface area contributed by atoms with Crippen LogP contribution >= 0.6 is 34.4 Å². The zero-order valence-electron chi connectivity index (χ0n) is 13.4. The number of fused-ring (bicyclic) bond motifs is 1. The van der Waals surface area contributed by atoms with Gasteiger partial charge in [-0.2, -0.15) is 4.98 Å². The summed E-state index contributed by atoms with van der Waals surface area (Å²) in [5, 5.41) is 8.18. The molecule has 0 amide bonds. The third kappa shape index (κ3) is 2.85. The molecule has 0 fully saturated rings. The highest BCUT2D eigenvalue weighted by Crippen LogP contribution is 2.36. The Hall–Kier alpha value is -1.77. The first-order valence-electron chi connectivity index (χ1n) is 7.35. The van der Waals surface area contributed by atoms with Crippen molar-refractivity contribution >= 4 is 44.7 Å². The van der Waals surface area contributed by atoms with E-state index in [-0.39, 0.29) is 0 Å². The maximum Gasteiger partial charge on any atom is 0.237 e. The number of hydrogen-bond donors (Lipinski definition) is 0. The molecule has 0 aromatic carbocycles. The van der Waals surface area contributed by atoms with E-state index < -0.39 is 0 Å². The van der Waals surface area contributed by atoms with Crippen LogP contribution in [0.5, 0.6) is 0 Å². The van der Waals surface area contributed by atoms with Crippen LogP contribution in [-0.4, -0.2) is 20.1 Å². The third-order valence-corrected chi connectivity index (χ3v) is 6.58. The quantitative estimate of drug-likeness (QED) is 0.369. The van der Waals surface area contributed by atoms with Gasteiger partial charge in [-0.25, -0.2) is 9.97 Å². The highest BCUT2D eigenvalue weighted by atomic mass is 32.2. The van der Waals surface area contributed by atoms with Crippen molar-refractivity contribution in [1.82, 2.24) is 20.1 Å². The van der Waals surface area contributed by atoms with Gasteiger partial charge >= 0.3 is 0 Å². The van der Waals surface area contributed by atoms with Gasteiger partial charge in [0.1, 0.15) is 15.7 Å². The standard InChI is InChI=1S/C16H14N4OS3/c1-8-9(2)24-16-13(8)15(17-10(3)18-16)23-7-12-19-14(20-21-12)11-5-4-6-22-11/h4-6H,7H2,1-3H3. The highest BCUT2D eigenvalue weighted by Gasteiger charge is 2.16. The zero-order chi connectivity index (χ0) is 16.7. The average Bonchev–Trinajstić information content (AvgIpc) is 3.26. The molecule has 0 aliphatic heterocycles. The molecule has 4 rings (SSSR count). The van der Waals surface area contributed by atoms with E-state index in [1.165, 1.54) is 10.4 Å². The van der Waals surface area contributed by atoms with E-state index in [4.69, 9.17) is 4.52 Å². The lowest BCUT2D eigenvalue weighted by Crippen LogP contribution is -1.92. The summed E-state index contributed by atoms with van der Waals surface area (Å²) >= 11 is 4.94. The number of thioether (sulfide) groups is 1. The zero-order valence-corrected chi connectivity index (χ0v) is 15.8. The van der Waals surface area contributed by atoms with Crippen LogP contribution in [0.15, 0.2) is 27.1 Å². The summed E-state index contributed by atoms with van der Waals surface area (Å²) in [5.41, 5.74) is 1.25. The molecular formula is C16H14N4OS3. The molecule has 0 unspecified atom stereocenters. The molecule has 24 heavy (non-hydrogen) atoms. The fourth-order valence-electron chi connectivity index (χ4n) is 2.37. The van der Waals surface area contributed by atoms with Gasteiger partial charge in [-0.3, -0.25) is 0 Å². The second-order valence-corrected chi connectivity index (χ2v) is 8.43. The maximum absolute atomic E-state index is 5.37. The van der Waals surface area contributed by atoms with Crippen LogP contribution in [-0.2, 0) is 5.75 Å². The monoisotopic (exact) mass is 374 g/mol. The molecule has 0 saturated heterocycles. The first kappa shape index (κ1) is 15.7. The second-order valence-electron chi connectivity index (χ2n) is 5.32. The van der Waals surface area contributed by atoms with E-state index in [1.54, 1.807) is 34.4 Å². The number of rotatable bonds is 4. The summed E-state index contributed by atoms with van der Waals surface area (Å²) in [4.78, 5) is 17.0. The van der Waals surface area contributed by atoms with Gasteiger partial charge in [0, 0.05) is 10.3 Å². The maximum atomic E-state index is 5.37. The largest absolute Gasteiger partial charge is 0.338 e. The van der Waals surface area contributed by atoms with Crippen molar-refractivity contribution in [1.29, 1.82) is 0 Å². The van der Waals surface area contributed by atoms with Gasteiger partial charge in [0.25, 0.3) is 0 Å². The molecule has 4 aromatic heterocycles. The molecule has 0 atom stereocenters. The molecule has 0 radical (unpaired) electrons. The van der Waals surface area contributed by atoms with Crippen molar-refractivity contribution in [2.24, 2.45) is 0 Å². The van der Waals surface area contributed by atoms with Gasteiger partial charge in [0.15, 0.2) is 0 Å². The minimum absolute atomic E-state index is 0.595. The highest BCUT2D eigenvalue weighted by molar-refractivity contribution is 7.98. The van der Waals surface area contributed by atoms with Crippen molar-refractivity contribution in [3.8, 4) is 10.7 Å². The van der Waals surface area contributed by atoms with Crippen LogP contribution in [0.1, 0.15) is 22.2 Å².